The summed E-state index contributed by atoms with van der Waals surface area (Å²) in [6, 6.07) is 7.19. The number of fused-ring (bicyclic) bond motifs is 1. The van der Waals surface area contributed by atoms with Gasteiger partial charge in [-0.2, -0.15) is 0 Å². The Balaban J connectivity index is 1.70. The van der Waals surface area contributed by atoms with Gasteiger partial charge in [0.25, 0.3) is 0 Å². The Kier molecular flexibility index (Phi) is 3.52. The summed E-state index contributed by atoms with van der Waals surface area (Å²) in [6.45, 7) is 6.62. The maximum absolute atomic E-state index is 12.4. The maximum Gasteiger partial charge on any atom is 0.178 e. The van der Waals surface area contributed by atoms with E-state index in [2.05, 4.69) is 19.9 Å². The van der Waals surface area contributed by atoms with Gasteiger partial charge in [0.15, 0.2) is 9.84 Å². The Morgan fingerprint density at radius 1 is 1.19 bits per heavy atom. The maximum atomic E-state index is 12.4. The van der Waals surface area contributed by atoms with Crippen LogP contribution in [0.4, 0.5) is 0 Å². The molecule has 21 heavy (non-hydrogen) atoms. The normalized spacial score (nSPS) is 26.9. The molecule has 1 fully saturated rings. The Morgan fingerprint density at radius 3 is 2.43 bits per heavy atom. The van der Waals surface area contributed by atoms with Crippen LogP contribution >= 0.6 is 0 Å². The van der Waals surface area contributed by atoms with Gasteiger partial charge in [0.05, 0.1) is 10.6 Å². The molecule has 2 bridgehead atoms. The van der Waals surface area contributed by atoms with E-state index in [0.717, 1.165) is 17.9 Å². The lowest BCUT2D eigenvalue weighted by Crippen LogP contribution is -2.48. The van der Waals surface area contributed by atoms with Crippen molar-refractivity contribution in [1.29, 1.82) is 0 Å². The van der Waals surface area contributed by atoms with Crippen molar-refractivity contribution in [3.05, 3.63) is 41.5 Å². The molecule has 114 valence electrons. The monoisotopic (exact) mass is 304 g/mol. The van der Waals surface area contributed by atoms with Crippen LogP contribution in [0.15, 0.2) is 40.8 Å². The fourth-order valence-electron chi connectivity index (χ4n) is 3.87. The quantitative estimate of drug-likeness (QED) is 0.783. The van der Waals surface area contributed by atoms with E-state index in [-0.39, 0.29) is 5.75 Å². The van der Waals surface area contributed by atoms with Crippen molar-refractivity contribution >= 4 is 9.84 Å². The lowest BCUT2D eigenvalue weighted by atomic mass is 9.48. The van der Waals surface area contributed by atoms with Crippen molar-refractivity contribution in [3.8, 4) is 0 Å². The van der Waals surface area contributed by atoms with E-state index < -0.39 is 9.84 Å². The first-order valence-electron chi connectivity index (χ1n) is 7.79. The third kappa shape index (κ3) is 2.57. The van der Waals surface area contributed by atoms with E-state index in [9.17, 15) is 8.42 Å². The van der Waals surface area contributed by atoms with Gasteiger partial charge in [0.1, 0.15) is 0 Å². The third-order valence-electron chi connectivity index (χ3n) is 5.62. The van der Waals surface area contributed by atoms with Crippen LogP contribution in [0, 0.1) is 24.2 Å². The van der Waals surface area contributed by atoms with Gasteiger partial charge in [0.2, 0.25) is 0 Å². The molecule has 0 radical (unpaired) electrons. The number of allylic oxidation sites excluding steroid dienone is 2. The van der Waals surface area contributed by atoms with E-state index >= 15 is 0 Å². The van der Waals surface area contributed by atoms with Crippen molar-refractivity contribution in [2.24, 2.45) is 17.3 Å². The van der Waals surface area contributed by atoms with Crippen LogP contribution < -0.4 is 0 Å². The van der Waals surface area contributed by atoms with Crippen molar-refractivity contribution in [3.63, 3.8) is 0 Å². The number of rotatable bonds is 4. The second-order valence-electron chi connectivity index (χ2n) is 7.20. The van der Waals surface area contributed by atoms with Gasteiger partial charge in [-0.25, -0.2) is 8.42 Å². The highest BCUT2D eigenvalue weighted by atomic mass is 32.2. The van der Waals surface area contributed by atoms with Crippen molar-refractivity contribution < 1.29 is 8.42 Å². The van der Waals surface area contributed by atoms with Crippen LogP contribution in [-0.4, -0.2) is 14.2 Å². The summed E-state index contributed by atoms with van der Waals surface area (Å²) < 4.78 is 24.9. The summed E-state index contributed by atoms with van der Waals surface area (Å²) in [7, 11) is -3.16. The number of aryl methyl sites for hydroxylation is 1. The molecule has 0 N–H and O–H groups in total. The van der Waals surface area contributed by atoms with Crippen LogP contribution in [0.5, 0.6) is 0 Å². The molecule has 0 aromatic heterocycles. The molecule has 0 unspecified atom stereocenters. The molecular formula is C18H24O2S. The second kappa shape index (κ2) is 4.98. The Labute approximate surface area is 128 Å². The molecular weight excluding hydrogens is 280 g/mol. The summed E-state index contributed by atoms with van der Waals surface area (Å²) in [4.78, 5) is 0.454. The molecule has 3 aliphatic rings. The van der Waals surface area contributed by atoms with Crippen LogP contribution in [0.25, 0.3) is 0 Å². The summed E-state index contributed by atoms with van der Waals surface area (Å²) in [5.74, 6) is 1.64. The van der Waals surface area contributed by atoms with Gasteiger partial charge >= 0.3 is 0 Å². The Hall–Kier alpha value is -1.09. The molecule has 1 aromatic rings. The summed E-state index contributed by atoms with van der Waals surface area (Å²) >= 11 is 0. The van der Waals surface area contributed by atoms with Crippen molar-refractivity contribution in [2.45, 2.75) is 44.9 Å². The van der Waals surface area contributed by atoms with Crippen LogP contribution in [0.3, 0.4) is 0 Å². The average molecular weight is 304 g/mol. The standard InChI is InChI=1S/C18H24O2S/c1-13-4-8-16(9-5-13)21(19,20)11-10-14-6-7-15-12-17(14)18(15,2)3/h4-6,8-9,15,17H,7,10-12H2,1-3H3/t15-,17-/m0/s1. The highest BCUT2D eigenvalue weighted by Gasteiger charge is 2.50. The van der Waals surface area contributed by atoms with Gasteiger partial charge in [-0.05, 0) is 55.6 Å². The number of sulfone groups is 1. The van der Waals surface area contributed by atoms with Gasteiger partial charge in [0, 0.05) is 0 Å². The minimum atomic E-state index is -3.16. The summed E-state index contributed by atoms with van der Waals surface area (Å²) in [6.07, 6.45) is 5.37. The minimum absolute atomic E-state index is 0.235. The molecule has 3 aliphatic carbocycles. The van der Waals surface area contributed by atoms with Crippen LogP contribution in [-0.2, 0) is 9.84 Å². The summed E-state index contributed by atoms with van der Waals surface area (Å²) in [5.41, 5.74) is 2.84. The lowest BCUT2D eigenvalue weighted by Gasteiger charge is -2.56. The molecule has 0 saturated heterocycles. The topological polar surface area (TPSA) is 34.1 Å². The van der Waals surface area contributed by atoms with E-state index in [1.165, 1.54) is 12.0 Å². The number of hydrogen-bond acceptors (Lipinski definition) is 2. The first-order chi connectivity index (χ1) is 9.80. The van der Waals surface area contributed by atoms with E-state index in [4.69, 9.17) is 0 Å². The predicted molar refractivity (Wildman–Crippen MR) is 85.9 cm³/mol. The zero-order valence-corrected chi connectivity index (χ0v) is 13.9. The SMILES string of the molecule is Cc1ccc(S(=O)(=O)CCC2=CC[C@H]3C[C@@H]2C3(C)C)cc1. The van der Waals surface area contributed by atoms with Crippen LogP contribution in [0.2, 0.25) is 0 Å². The van der Waals surface area contributed by atoms with E-state index in [1.807, 2.05) is 19.1 Å². The zero-order chi connectivity index (χ0) is 15.3. The van der Waals surface area contributed by atoms with Gasteiger partial charge < -0.3 is 0 Å². The fourth-order valence-corrected chi connectivity index (χ4v) is 5.16. The Bertz CT molecular complexity index is 666. The third-order valence-corrected chi connectivity index (χ3v) is 7.35. The first-order valence-corrected chi connectivity index (χ1v) is 9.44. The molecule has 0 spiro atoms. The molecule has 1 aromatic carbocycles. The van der Waals surface area contributed by atoms with Crippen molar-refractivity contribution in [2.75, 3.05) is 5.75 Å². The largest absolute Gasteiger partial charge is 0.224 e. The smallest absolute Gasteiger partial charge is 0.178 e. The van der Waals surface area contributed by atoms with Gasteiger partial charge in [-0.1, -0.05) is 43.2 Å². The molecule has 0 amide bonds. The van der Waals surface area contributed by atoms with E-state index in [0.29, 0.717) is 22.6 Å². The molecule has 1 saturated carbocycles. The molecule has 4 rings (SSSR count). The molecule has 2 atom stereocenters. The molecule has 2 nitrogen and oxygen atoms in total. The molecule has 3 heteroatoms. The highest BCUT2D eigenvalue weighted by molar-refractivity contribution is 7.91. The second-order valence-corrected chi connectivity index (χ2v) is 9.31. The zero-order valence-electron chi connectivity index (χ0n) is 13.1. The van der Waals surface area contributed by atoms with E-state index in [1.54, 1.807) is 12.1 Å². The first kappa shape index (κ1) is 14.8. The highest BCUT2D eigenvalue weighted by Crippen LogP contribution is 2.59. The number of hydrogen-bond donors (Lipinski definition) is 0. The minimum Gasteiger partial charge on any atom is -0.224 e. The number of benzene rings is 1. The fraction of sp³-hybridized carbons (Fsp3) is 0.556. The van der Waals surface area contributed by atoms with Crippen LogP contribution in [0.1, 0.15) is 38.7 Å². The summed E-state index contributed by atoms with van der Waals surface area (Å²) in [5, 5.41) is 0. The molecule has 0 aliphatic heterocycles. The predicted octanol–water partition coefficient (Wildman–Crippen LogP) is 4.15. The molecule has 0 heterocycles. The average Bonchev–Trinajstić information content (AvgIpc) is 2.45. The van der Waals surface area contributed by atoms with Gasteiger partial charge in [-0.3, -0.25) is 0 Å². The van der Waals surface area contributed by atoms with Gasteiger partial charge in [-0.15, -0.1) is 0 Å². The lowest BCUT2D eigenvalue weighted by molar-refractivity contribution is -0.00771. The Morgan fingerprint density at radius 2 is 1.86 bits per heavy atom. The van der Waals surface area contributed by atoms with Crippen molar-refractivity contribution in [1.82, 2.24) is 0 Å².